The number of nitrogens with zero attached hydrogens (tertiary/aromatic N) is 4. The molecule has 3 aromatic rings. The van der Waals surface area contributed by atoms with Crippen molar-refractivity contribution in [1.29, 1.82) is 0 Å². The van der Waals surface area contributed by atoms with Crippen molar-refractivity contribution in [3.63, 3.8) is 0 Å². The molecule has 2 N–H and O–H groups in total. The molecule has 7 heteroatoms. The van der Waals surface area contributed by atoms with E-state index < -0.39 is 0 Å². The average molecular weight is 379 g/mol. The fraction of sp³-hybridized carbons (Fsp3) is 0.381. The first kappa shape index (κ1) is 18.6. The van der Waals surface area contributed by atoms with Gasteiger partial charge >= 0.3 is 0 Å². The van der Waals surface area contributed by atoms with Crippen molar-refractivity contribution in [3.05, 3.63) is 70.4 Å². The highest BCUT2D eigenvalue weighted by atomic mass is 16.3. The molecule has 1 aliphatic heterocycles. The number of hydrogen-bond acceptors (Lipinski definition) is 5. The zero-order chi connectivity index (χ0) is 19.3. The second-order valence-corrected chi connectivity index (χ2v) is 7.25. The van der Waals surface area contributed by atoms with E-state index >= 15 is 0 Å². The van der Waals surface area contributed by atoms with Gasteiger partial charge in [-0.25, -0.2) is 4.98 Å². The van der Waals surface area contributed by atoms with Crippen molar-refractivity contribution in [1.82, 2.24) is 24.6 Å². The minimum absolute atomic E-state index is 0.146. The highest BCUT2D eigenvalue weighted by Crippen LogP contribution is 2.21. The molecule has 3 heterocycles. The van der Waals surface area contributed by atoms with Gasteiger partial charge in [0.15, 0.2) is 0 Å². The first-order valence-electron chi connectivity index (χ1n) is 9.73. The van der Waals surface area contributed by atoms with Gasteiger partial charge in [-0.3, -0.25) is 14.4 Å². The Labute approximate surface area is 163 Å². The highest BCUT2D eigenvalue weighted by Gasteiger charge is 2.23. The molecule has 28 heavy (non-hydrogen) atoms. The van der Waals surface area contributed by atoms with Crippen molar-refractivity contribution in [3.8, 4) is 11.4 Å². The molecule has 2 aromatic heterocycles. The molecule has 0 spiro atoms. The van der Waals surface area contributed by atoms with E-state index in [0.29, 0.717) is 18.8 Å². The van der Waals surface area contributed by atoms with E-state index in [9.17, 15) is 9.90 Å². The van der Waals surface area contributed by atoms with Gasteiger partial charge in [-0.05, 0) is 31.0 Å². The summed E-state index contributed by atoms with van der Waals surface area (Å²) in [5, 5.41) is 13.7. The molecular formula is C21H25N5O2. The summed E-state index contributed by atoms with van der Waals surface area (Å²) in [4.78, 5) is 21.8. The van der Waals surface area contributed by atoms with Crippen LogP contribution in [0.2, 0.25) is 0 Å². The van der Waals surface area contributed by atoms with Gasteiger partial charge < -0.3 is 10.1 Å². The van der Waals surface area contributed by atoms with Gasteiger partial charge in [0, 0.05) is 49.6 Å². The summed E-state index contributed by atoms with van der Waals surface area (Å²) in [5.41, 5.74) is 2.69. The van der Waals surface area contributed by atoms with Crippen LogP contribution in [-0.4, -0.2) is 48.9 Å². The van der Waals surface area contributed by atoms with Crippen LogP contribution < -0.4 is 5.56 Å². The molecule has 1 saturated heterocycles. The van der Waals surface area contributed by atoms with Crippen LogP contribution in [0.1, 0.15) is 24.1 Å². The van der Waals surface area contributed by atoms with E-state index in [0.717, 1.165) is 37.2 Å². The predicted molar refractivity (Wildman–Crippen MR) is 107 cm³/mol. The summed E-state index contributed by atoms with van der Waals surface area (Å²) in [6, 6.07) is 11.8. The van der Waals surface area contributed by atoms with Gasteiger partial charge in [0.1, 0.15) is 5.82 Å². The van der Waals surface area contributed by atoms with Crippen molar-refractivity contribution >= 4 is 0 Å². The third-order valence-electron chi connectivity index (χ3n) is 5.27. The molecule has 1 aliphatic rings. The smallest absolute Gasteiger partial charge is 0.251 e. The SMILES string of the molecule is O=c1cc(CCn2cccn2)nc(-c2ccc(CN3CCC[C@H]3CO)cc2)[nH]1. The number of rotatable bonds is 7. The maximum atomic E-state index is 12.1. The first-order valence-corrected chi connectivity index (χ1v) is 9.73. The standard InChI is InChI=1S/C21H25N5O2/c27-15-19-3-1-10-25(19)14-16-4-6-17(7-5-16)21-23-18(13-20(28)24-21)8-12-26-11-2-9-22-26/h2,4-7,9,11,13,19,27H,1,3,8,10,12,14-15H2,(H,23,24,28)/t19-/m0/s1. The van der Waals surface area contributed by atoms with Crippen LogP contribution in [0.15, 0.2) is 53.6 Å². The van der Waals surface area contributed by atoms with Gasteiger partial charge in [-0.15, -0.1) is 0 Å². The van der Waals surface area contributed by atoms with E-state index in [1.807, 2.05) is 29.1 Å². The Balaban J connectivity index is 1.46. The number of aliphatic hydroxyl groups is 1. The number of benzene rings is 1. The van der Waals surface area contributed by atoms with Crippen LogP contribution in [0.3, 0.4) is 0 Å². The van der Waals surface area contributed by atoms with E-state index in [1.54, 1.807) is 12.3 Å². The first-order chi connectivity index (χ1) is 13.7. The lowest BCUT2D eigenvalue weighted by Gasteiger charge is -2.22. The predicted octanol–water partition coefficient (Wildman–Crippen LogP) is 1.83. The van der Waals surface area contributed by atoms with Crippen molar-refractivity contribution in [2.45, 2.75) is 38.4 Å². The molecule has 1 atom stereocenters. The number of nitrogens with one attached hydrogen (secondary N) is 1. The molecule has 0 bridgehead atoms. The molecule has 0 aliphatic carbocycles. The Morgan fingerprint density at radius 2 is 2.11 bits per heavy atom. The average Bonchev–Trinajstić information content (AvgIpc) is 3.38. The zero-order valence-corrected chi connectivity index (χ0v) is 15.8. The molecule has 0 unspecified atom stereocenters. The van der Waals surface area contributed by atoms with Gasteiger partial charge in [0.05, 0.1) is 12.3 Å². The molecule has 7 nitrogen and oxygen atoms in total. The van der Waals surface area contributed by atoms with Crippen LogP contribution >= 0.6 is 0 Å². The molecule has 0 saturated carbocycles. The fourth-order valence-electron chi connectivity index (χ4n) is 3.75. The summed E-state index contributed by atoms with van der Waals surface area (Å²) in [5.74, 6) is 0.587. The number of hydrogen-bond donors (Lipinski definition) is 2. The minimum Gasteiger partial charge on any atom is -0.395 e. The monoisotopic (exact) mass is 379 g/mol. The lowest BCUT2D eigenvalue weighted by atomic mass is 10.1. The maximum absolute atomic E-state index is 12.1. The van der Waals surface area contributed by atoms with Gasteiger partial charge in [0.25, 0.3) is 5.56 Å². The third-order valence-corrected chi connectivity index (χ3v) is 5.27. The van der Waals surface area contributed by atoms with Crippen molar-refractivity contribution in [2.24, 2.45) is 0 Å². The summed E-state index contributed by atoms with van der Waals surface area (Å²) >= 11 is 0. The number of H-pyrrole nitrogens is 1. The Morgan fingerprint density at radius 1 is 1.25 bits per heavy atom. The highest BCUT2D eigenvalue weighted by molar-refractivity contribution is 5.55. The number of aryl methyl sites for hydroxylation is 2. The quantitative estimate of drug-likeness (QED) is 0.654. The molecule has 4 rings (SSSR count). The van der Waals surface area contributed by atoms with Crippen LogP contribution in [-0.2, 0) is 19.5 Å². The Hall–Kier alpha value is -2.77. The van der Waals surface area contributed by atoms with E-state index in [4.69, 9.17) is 0 Å². The van der Waals surface area contributed by atoms with Crippen molar-refractivity contribution in [2.75, 3.05) is 13.2 Å². The van der Waals surface area contributed by atoms with E-state index in [-0.39, 0.29) is 18.2 Å². The zero-order valence-electron chi connectivity index (χ0n) is 15.8. The van der Waals surface area contributed by atoms with E-state index in [2.05, 4.69) is 32.1 Å². The summed E-state index contributed by atoms with van der Waals surface area (Å²) in [6.45, 7) is 2.76. The van der Waals surface area contributed by atoms with Crippen LogP contribution in [0.25, 0.3) is 11.4 Å². The molecule has 0 radical (unpaired) electrons. The van der Waals surface area contributed by atoms with Crippen LogP contribution in [0, 0.1) is 0 Å². The van der Waals surface area contributed by atoms with Gasteiger partial charge in [-0.1, -0.05) is 24.3 Å². The summed E-state index contributed by atoms with van der Waals surface area (Å²) < 4.78 is 1.83. The Bertz CT molecular complexity index is 950. The Kier molecular flexibility index (Phi) is 5.64. The second kappa shape index (κ2) is 8.50. The van der Waals surface area contributed by atoms with Crippen LogP contribution in [0.4, 0.5) is 0 Å². The normalized spacial score (nSPS) is 17.2. The topological polar surface area (TPSA) is 87.0 Å². The number of aromatic nitrogens is 4. The third kappa shape index (κ3) is 4.37. The molecule has 0 amide bonds. The lowest BCUT2D eigenvalue weighted by Crippen LogP contribution is -2.31. The van der Waals surface area contributed by atoms with Crippen molar-refractivity contribution < 1.29 is 5.11 Å². The number of likely N-dealkylation sites (tertiary alicyclic amines) is 1. The molecular weight excluding hydrogens is 354 g/mol. The Morgan fingerprint density at radius 3 is 2.86 bits per heavy atom. The number of aliphatic hydroxyl groups excluding tert-OH is 1. The van der Waals surface area contributed by atoms with Crippen LogP contribution in [0.5, 0.6) is 0 Å². The molecule has 146 valence electrons. The summed E-state index contributed by atoms with van der Waals surface area (Å²) in [6.07, 6.45) is 6.48. The summed E-state index contributed by atoms with van der Waals surface area (Å²) in [7, 11) is 0. The lowest BCUT2D eigenvalue weighted by molar-refractivity contribution is 0.153. The van der Waals surface area contributed by atoms with E-state index in [1.165, 1.54) is 5.56 Å². The fourth-order valence-corrected chi connectivity index (χ4v) is 3.75. The maximum Gasteiger partial charge on any atom is 0.251 e. The van der Waals surface area contributed by atoms with Gasteiger partial charge in [0.2, 0.25) is 0 Å². The second-order valence-electron chi connectivity index (χ2n) is 7.25. The number of aromatic amines is 1. The largest absolute Gasteiger partial charge is 0.395 e. The van der Waals surface area contributed by atoms with Gasteiger partial charge in [-0.2, -0.15) is 5.10 Å². The molecule has 1 aromatic carbocycles. The molecule has 1 fully saturated rings. The minimum atomic E-state index is -0.146.